The Hall–Kier alpha value is -2.09. The molecule has 0 saturated carbocycles. The first-order chi connectivity index (χ1) is 7.39. The number of nitrogens with one attached hydrogen (secondary N) is 4. The van der Waals surface area contributed by atoms with Gasteiger partial charge in [-0.05, 0) is 6.92 Å². The molecule has 8 heteroatoms. The number of amidine groups is 1. The van der Waals surface area contributed by atoms with E-state index in [1.165, 1.54) is 6.92 Å². The molecule has 1 atom stereocenters. The van der Waals surface area contributed by atoms with Crippen molar-refractivity contribution in [3.8, 4) is 0 Å². The van der Waals surface area contributed by atoms with Gasteiger partial charge in [0, 0.05) is 7.05 Å². The maximum atomic E-state index is 11.7. The Kier molecular flexibility index (Phi) is 2.86. The van der Waals surface area contributed by atoms with Crippen LogP contribution in [-0.2, 0) is 9.59 Å². The third-order valence-corrected chi connectivity index (χ3v) is 2.55. The summed E-state index contributed by atoms with van der Waals surface area (Å²) in [6.45, 7) is 1.35. The van der Waals surface area contributed by atoms with Crippen molar-refractivity contribution in [2.45, 2.75) is 6.92 Å². The lowest BCUT2D eigenvalue weighted by Crippen LogP contribution is -2.50. The van der Waals surface area contributed by atoms with E-state index in [-0.39, 0.29) is 17.2 Å². The number of carbonyl (C=O) groups excluding carboxylic acids is 2. The summed E-state index contributed by atoms with van der Waals surface area (Å²) in [5.74, 6) is 3.59. The van der Waals surface area contributed by atoms with Crippen LogP contribution in [0.5, 0.6) is 0 Å². The molecule has 8 N–H and O–H groups in total. The van der Waals surface area contributed by atoms with Crippen LogP contribution in [0.1, 0.15) is 6.92 Å². The Balaban J connectivity index is 3.36. The lowest BCUT2D eigenvalue weighted by molar-refractivity contribution is -0.138. The van der Waals surface area contributed by atoms with Crippen molar-refractivity contribution >= 4 is 17.6 Å². The number of hydrogen-bond acceptors (Lipinski definition) is 5. The second-order valence-electron chi connectivity index (χ2n) is 3.47. The Morgan fingerprint density at radius 2 is 2.12 bits per heavy atom. The van der Waals surface area contributed by atoms with Gasteiger partial charge in [0.05, 0.1) is 5.57 Å². The topological polar surface area (TPSA) is 146 Å². The highest BCUT2D eigenvalue weighted by molar-refractivity contribution is 6.18. The minimum Gasteiger partial charge on any atom is -0.384 e. The summed E-state index contributed by atoms with van der Waals surface area (Å²) in [5, 5.41) is 12.5. The van der Waals surface area contributed by atoms with Crippen LogP contribution in [-0.4, -0.2) is 24.7 Å². The fourth-order valence-electron chi connectivity index (χ4n) is 1.62. The van der Waals surface area contributed by atoms with Crippen LogP contribution >= 0.6 is 0 Å². The molecule has 0 aromatic carbocycles. The fraction of sp³-hybridized carbons (Fsp3) is 0.375. The minimum atomic E-state index is -1.58. The van der Waals surface area contributed by atoms with Crippen LogP contribution < -0.4 is 27.6 Å². The van der Waals surface area contributed by atoms with Crippen LogP contribution in [0.3, 0.4) is 0 Å². The molecule has 0 saturated heterocycles. The summed E-state index contributed by atoms with van der Waals surface area (Å²) in [5.41, 5.74) is 5.76. The van der Waals surface area contributed by atoms with Crippen LogP contribution in [0.2, 0.25) is 0 Å². The normalized spacial score (nSPS) is 24.1. The van der Waals surface area contributed by atoms with Gasteiger partial charge in [0.25, 0.3) is 5.91 Å². The predicted molar refractivity (Wildman–Crippen MR) is 56.6 cm³/mol. The molecule has 1 aliphatic heterocycles. The van der Waals surface area contributed by atoms with E-state index in [4.69, 9.17) is 17.0 Å². The summed E-state index contributed by atoms with van der Waals surface area (Å²) in [7, 11) is 1.55. The predicted octanol–water partition coefficient (Wildman–Crippen LogP) is -2.52. The molecule has 0 aliphatic carbocycles. The van der Waals surface area contributed by atoms with Crippen molar-refractivity contribution in [1.29, 1.82) is 5.41 Å². The van der Waals surface area contributed by atoms with E-state index in [9.17, 15) is 9.59 Å². The lowest BCUT2D eigenvalue weighted by atomic mass is 9.82. The zero-order valence-corrected chi connectivity index (χ0v) is 8.97. The van der Waals surface area contributed by atoms with E-state index in [2.05, 4.69) is 10.6 Å². The average Bonchev–Trinajstić information content (AvgIpc) is 2.51. The van der Waals surface area contributed by atoms with Crippen LogP contribution in [0.4, 0.5) is 0 Å². The van der Waals surface area contributed by atoms with Gasteiger partial charge in [0.1, 0.15) is 11.7 Å². The number of rotatable bonds is 3. The highest BCUT2D eigenvalue weighted by Crippen LogP contribution is 2.33. The van der Waals surface area contributed by atoms with Crippen molar-refractivity contribution in [2.75, 3.05) is 7.05 Å². The first-order valence-corrected chi connectivity index (χ1v) is 4.49. The SMILES string of the molecule is CNC1=C(C(=N)N)C(C)(C(=O)NN)C(=O)N1. The molecule has 0 aromatic rings. The maximum absolute atomic E-state index is 11.7. The number of hydrogen-bond donors (Lipinski definition) is 6. The third-order valence-electron chi connectivity index (χ3n) is 2.55. The second-order valence-corrected chi connectivity index (χ2v) is 3.47. The molecule has 1 rings (SSSR count). The van der Waals surface area contributed by atoms with Crippen molar-refractivity contribution in [2.24, 2.45) is 17.0 Å². The molecule has 0 radical (unpaired) electrons. The van der Waals surface area contributed by atoms with E-state index >= 15 is 0 Å². The zero-order chi connectivity index (χ0) is 12.5. The van der Waals surface area contributed by atoms with Gasteiger partial charge in [-0.15, -0.1) is 0 Å². The zero-order valence-electron chi connectivity index (χ0n) is 8.97. The van der Waals surface area contributed by atoms with Crippen molar-refractivity contribution in [3.63, 3.8) is 0 Å². The van der Waals surface area contributed by atoms with Crippen LogP contribution in [0, 0.1) is 10.8 Å². The van der Waals surface area contributed by atoms with Crippen molar-refractivity contribution < 1.29 is 9.59 Å². The number of amides is 2. The number of hydrazine groups is 1. The Bertz CT molecular complexity index is 401. The van der Waals surface area contributed by atoms with Crippen LogP contribution in [0.15, 0.2) is 11.4 Å². The Morgan fingerprint density at radius 1 is 1.56 bits per heavy atom. The molecule has 1 aliphatic rings. The van der Waals surface area contributed by atoms with Gasteiger partial charge in [0.15, 0.2) is 5.41 Å². The first-order valence-electron chi connectivity index (χ1n) is 4.49. The highest BCUT2D eigenvalue weighted by atomic mass is 16.2. The molecule has 8 nitrogen and oxygen atoms in total. The van der Waals surface area contributed by atoms with Gasteiger partial charge >= 0.3 is 0 Å². The van der Waals surface area contributed by atoms with E-state index in [0.29, 0.717) is 0 Å². The molecule has 0 fully saturated rings. The highest BCUT2D eigenvalue weighted by Gasteiger charge is 2.51. The van der Waals surface area contributed by atoms with Crippen molar-refractivity contribution in [1.82, 2.24) is 16.1 Å². The molecular weight excluding hydrogens is 212 g/mol. The summed E-state index contributed by atoms with van der Waals surface area (Å²) in [4.78, 5) is 23.3. The molecule has 0 aromatic heterocycles. The second kappa shape index (κ2) is 3.81. The van der Waals surface area contributed by atoms with Gasteiger partial charge < -0.3 is 16.4 Å². The Morgan fingerprint density at radius 3 is 2.50 bits per heavy atom. The summed E-state index contributed by atoms with van der Waals surface area (Å²) in [6.07, 6.45) is 0. The summed E-state index contributed by atoms with van der Waals surface area (Å²) < 4.78 is 0. The Labute approximate surface area is 91.9 Å². The molecule has 1 unspecified atom stereocenters. The number of carbonyl (C=O) groups is 2. The minimum absolute atomic E-state index is 0.0861. The molecule has 2 amide bonds. The van der Waals surface area contributed by atoms with Crippen LogP contribution in [0.25, 0.3) is 0 Å². The number of nitrogens with two attached hydrogens (primary N) is 2. The fourth-order valence-corrected chi connectivity index (χ4v) is 1.62. The molecule has 16 heavy (non-hydrogen) atoms. The van der Waals surface area contributed by atoms with Gasteiger partial charge in [0.2, 0.25) is 5.91 Å². The smallest absolute Gasteiger partial charge is 0.254 e. The van der Waals surface area contributed by atoms with E-state index in [1.807, 2.05) is 5.43 Å². The quantitative estimate of drug-likeness (QED) is 0.0785. The molecule has 0 spiro atoms. The van der Waals surface area contributed by atoms with Gasteiger partial charge in [-0.2, -0.15) is 0 Å². The lowest BCUT2D eigenvalue weighted by Gasteiger charge is -2.21. The summed E-state index contributed by atoms with van der Waals surface area (Å²) in [6, 6.07) is 0. The molecular formula is C8H14N6O2. The standard InChI is InChI=1S/C8H14N6O2/c1-8(7(16)14-11)3(4(9)10)5(12-2)13-6(8)15/h12H,11H2,1-2H3,(H3,9,10)(H,13,15)(H,14,16). The maximum Gasteiger partial charge on any atom is 0.254 e. The van der Waals surface area contributed by atoms with Gasteiger partial charge in [-0.25, -0.2) is 5.84 Å². The molecule has 88 valence electrons. The molecule has 0 bridgehead atoms. The van der Waals surface area contributed by atoms with E-state index in [1.54, 1.807) is 7.05 Å². The monoisotopic (exact) mass is 226 g/mol. The van der Waals surface area contributed by atoms with Crippen molar-refractivity contribution in [3.05, 3.63) is 11.4 Å². The summed E-state index contributed by atoms with van der Waals surface area (Å²) >= 11 is 0. The largest absolute Gasteiger partial charge is 0.384 e. The first kappa shape index (κ1) is 12.0. The van der Waals surface area contributed by atoms with Gasteiger partial charge in [-0.1, -0.05) is 0 Å². The third kappa shape index (κ3) is 1.39. The molecule has 1 heterocycles. The average molecular weight is 226 g/mol. The van der Waals surface area contributed by atoms with E-state index < -0.39 is 17.2 Å². The van der Waals surface area contributed by atoms with Gasteiger partial charge in [-0.3, -0.25) is 20.4 Å². The van der Waals surface area contributed by atoms with E-state index in [0.717, 1.165) is 0 Å².